The Morgan fingerprint density at radius 1 is 1.08 bits per heavy atom. The third-order valence-corrected chi connectivity index (χ3v) is 7.47. The molecule has 0 fully saturated rings. The molecular weight excluding hydrogens is 537 g/mol. The van der Waals surface area contributed by atoms with Crippen molar-refractivity contribution < 1.29 is 31.1 Å². The minimum atomic E-state index is -4.84. The molecule has 1 aromatic heterocycles. The highest BCUT2D eigenvalue weighted by atomic mass is 32.2. The molecule has 11 heteroatoms. The first-order chi connectivity index (χ1) is 17.8. The second kappa shape index (κ2) is 12.4. The van der Waals surface area contributed by atoms with E-state index in [4.69, 9.17) is 10.1 Å². The Labute approximate surface area is 223 Å². The van der Waals surface area contributed by atoms with Gasteiger partial charge in [-0.25, -0.2) is 8.42 Å². The summed E-state index contributed by atoms with van der Waals surface area (Å²) in [6, 6.07) is 14.7. The molecule has 1 heterocycles. The first-order valence-corrected chi connectivity index (χ1v) is 14.4. The van der Waals surface area contributed by atoms with Gasteiger partial charge in [-0.2, -0.15) is 13.2 Å². The number of hydrogen-bond acceptors (Lipinski definition) is 7. The summed E-state index contributed by atoms with van der Waals surface area (Å²) in [4.78, 5) is 11.7. The van der Waals surface area contributed by atoms with E-state index in [-0.39, 0.29) is 16.4 Å². The van der Waals surface area contributed by atoms with E-state index in [1.165, 1.54) is 19.1 Å². The average molecular weight is 565 g/mol. The topological polar surface area (TPSA) is 96.3 Å². The number of carbonyl (C=O) groups is 1. The predicted octanol–water partition coefficient (Wildman–Crippen LogP) is 6.99. The number of rotatable bonds is 12. The number of nitrogens with one attached hydrogen (secondary N) is 2. The van der Waals surface area contributed by atoms with Crippen molar-refractivity contribution in [3.8, 4) is 16.9 Å². The molecule has 0 unspecified atom stereocenters. The molecule has 0 saturated heterocycles. The number of hydrogen-bond donors (Lipinski definition) is 2. The number of sulfone groups is 1. The Morgan fingerprint density at radius 2 is 1.82 bits per heavy atom. The second-order valence-corrected chi connectivity index (χ2v) is 11.5. The summed E-state index contributed by atoms with van der Waals surface area (Å²) < 4.78 is 69.5. The molecule has 202 valence electrons. The van der Waals surface area contributed by atoms with E-state index in [9.17, 15) is 26.4 Å². The fourth-order valence-electron chi connectivity index (χ4n) is 3.43. The molecule has 0 aliphatic carbocycles. The molecule has 6 nitrogen and oxygen atoms in total. The average Bonchev–Trinajstić information content (AvgIpc) is 3.33. The fraction of sp³-hybridized carbons (Fsp3) is 0.259. The number of halogens is 3. The minimum absolute atomic E-state index is 0.0375. The lowest BCUT2D eigenvalue weighted by atomic mass is 10.1. The van der Waals surface area contributed by atoms with Crippen LogP contribution in [0.5, 0.6) is 5.75 Å². The van der Waals surface area contributed by atoms with Crippen molar-refractivity contribution >= 4 is 44.1 Å². The maximum atomic E-state index is 13.3. The van der Waals surface area contributed by atoms with Crippen LogP contribution in [0, 0.1) is 5.41 Å². The molecule has 3 rings (SSSR count). The Bertz CT molecular complexity index is 1440. The van der Waals surface area contributed by atoms with Crippen molar-refractivity contribution in [2.45, 2.75) is 37.3 Å². The lowest BCUT2D eigenvalue weighted by molar-refractivity contribution is -0.117. The molecule has 3 aromatic rings. The van der Waals surface area contributed by atoms with Crippen LogP contribution in [0.15, 0.2) is 70.9 Å². The van der Waals surface area contributed by atoms with E-state index in [0.29, 0.717) is 59.4 Å². The van der Waals surface area contributed by atoms with Crippen LogP contribution in [0.2, 0.25) is 0 Å². The standard InChI is InChI=1S/C27H27F3N2O4S2/c1-18(33)8-5-6-13-36-24-12-4-3-11-22(24)32-23(16-26(31)27(28,29)30)25-15-20(17-37-25)19-9-7-10-21(14-19)38(2,34)35/h3-4,7,9-12,14-17,31-32H,5-6,8,13H2,1-2H3/b23-16-,31-26?. The van der Waals surface area contributed by atoms with Gasteiger partial charge in [0.2, 0.25) is 0 Å². The van der Waals surface area contributed by atoms with Gasteiger partial charge >= 0.3 is 6.18 Å². The molecule has 0 radical (unpaired) electrons. The molecule has 2 N–H and O–H groups in total. The zero-order valence-electron chi connectivity index (χ0n) is 20.8. The number of thiophene rings is 1. The van der Waals surface area contributed by atoms with Crippen LogP contribution >= 0.6 is 11.3 Å². The molecule has 0 amide bonds. The number of allylic oxidation sites excluding steroid dienone is 1. The zero-order chi connectivity index (χ0) is 27.9. The highest BCUT2D eigenvalue weighted by Crippen LogP contribution is 2.34. The summed E-state index contributed by atoms with van der Waals surface area (Å²) in [5.74, 6) is 0.504. The number of alkyl halides is 3. The summed E-state index contributed by atoms with van der Waals surface area (Å²) in [5.41, 5.74) is 0.133. The van der Waals surface area contributed by atoms with Crippen molar-refractivity contribution in [2.24, 2.45) is 0 Å². The number of carbonyl (C=O) groups excluding carboxylic acids is 1. The molecule has 0 spiro atoms. The van der Waals surface area contributed by atoms with Gasteiger partial charge in [0.1, 0.15) is 17.2 Å². The summed E-state index contributed by atoms with van der Waals surface area (Å²) in [7, 11) is -3.44. The summed E-state index contributed by atoms with van der Waals surface area (Å²) in [6.07, 6.45) is -1.28. The number of anilines is 1. The number of para-hydroxylation sites is 2. The Kier molecular flexibility index (Phi) is 9.50. The van der Waals surface area contributed by atoms with Gasteiger partial charge in [0, 0.05) is 12.7 Å². The van der Waals surface area contributed by atoms with Gasteiger partial charge in [-0.3, -0.25) is 5.41 Å². The monoisotopic (exact) mass is 564 g/mol. The summed E-state index contributed by atoms with van der Waals surface area (Å²) in [5, 5.41) is 12.2. The van der Waals surface area contributed by atoms with Crippen LogP contribution in [0.4, 0.5) is 18.9 Å². The van der Waals surface area contributed by atoms with E-state index >= 15 is 0 Å². The van der Waals surface area contributed by atoms with Gasteiger partial charge < -0.3 is 14.8 Å². The van der Waals surface area contributed by atoms with Gasteiger partial charge in [-0.15, -0.1) is 11.3 Å². The van der Waals surface area contributed by atoms with Crippen molar-refractivity contribution in [2.75, 3.05) is 18.2 Å². The normalized spacial score (nSPS) is 12.3. The lowest BCUT2D eigenvalue weighted by Gasteiger charge is -2.16. The smallest absolute Gasteiger partial charge is 0.432 e. The maximum Gasteiger partial charge on any atom is 0.432 e. The second-order valence-electron chi connectivity index (χ2n) is 8.60. The van der Waals surface area contributed by atoms with Crippen molar-refractivity contribution in [1.82, 2.24) is 0 Å². The van der Waals surface area contributed by atoms with Crippen LogP contribution in [-0.2, 0) is 14.6 Å². The third-order valence-electron chi connectivity index (χ3n) is 5.39. The molecule has 0 bridgehead atoms. The number of Topliss-reactive ketones (excluding diaryl/α,β-unsaturated/α-hetero) is 1. The largest absolute Gasteiger partial charge is 0.491 e. The molecule has 38 heavy (non-hydrogen) atoms. The summed E-state index contributed by atoms with van der Waals surface area (Å²) >= 11 is 1.15. The van der Waals surface area contributed by atoms with Gasteiger partial charge in [-0.1, -0.05) is 24.3 Å². The highest BCUT2D eigenvalue weighted by molar-refractivity contribution is 7.90. The van der Waals surface area contributed by atoms with Gasteiger partial charge in [-0.05, 0) is 72.7 Å². The SMILES string of the molecule is CC(=O)CCCCOc1ccccc1N/C(=C\C(=N)C(F)(F)F)c1cc(-c2cccc(S(C)(=O)=O)c2)cs1. The lowest BCUT2D eigenvalue weighted by Crippen LogP contribution is -2.20. The highest BCUT2D eigenvalue weighted by Gasteiger charge is 2.33. The van der Waals surface area contributed by atoms with Crippen LogP contribution in [0.25, 0.3) is 16.8 Å². The van der Waals surface area contributed by atoms with E-state index < -0.39 is 21.7 Å². The van der Waals surface area contributed by atoms with E-state index in [2.05, 4.69) is 5.32 Å². The van der Waals surface area contributed by atoms with Crippen LogP contribution < -0.4 is 10.1 Å². The zero-order valence-corrected chi connectivity index (χ0v) is 22.4. The Hall–Kier alpha value is -3.44. The number of ketones is 1. The molecule has 0 atom stereocenters. The van der Waals surface area contributed by atoms with Crippen molar-refractivity contribution in [3.63, 3.8) is 0 Å². The molecular formula is C27H27F3N2O4S2. The minimum Gasteiger partial charge on any atom is -0.491 e. The first-order valence-electron chi connectivity index (χ1n) is 11.6. The van der Waals surface area contributed by atoms with Gasteiger partial charge in [0.05, 0.1) is 27.8 Å². The Balaban J connectivity index is 1.91. The van der Waals surface area contributed by atoms with Crippen LogP contribution in [-0.4, -0.2) is 39.0 Å². The molecule has 0 saturated carbocycles. The van der Waals surface area contributed by atoms with Gasteiger partial charge in [0.25, 0.3) is 0 Å². The van der Waals surface area contributed by atoms with E-state index in [1.807, 2.05) is 0 Å². The van der Waals surface area contributed by atoms with Crippen molar-refractivity contribution in [3.05, 3.63) is 70.9 Å². The molecule has 0 aliphatic rings. The van der Waals surface area contributed by atoms with E-state index in [0.717, 1.165) is 17.6 Å². The first kappa shape index (κ1) is 29.1. The molecule has 2 aromatic carbocycles. The number of unbranched alkanes of at least 4 members (excludes halogenated alkanes) is 1. The number of benzene rings is 2. The quantitative estimate of drug-likeness (QED) is 0.183. The summed E-state index contributed by atoms with van der Waals surface area (Å²) in [6.45, 7) is 1.84. The van der Waals surface area contributed by atoms with Crippen molar-refractivity contribution in [1.29, 1.82) is 5.41 Å². The van der Waals surface area contributed by atoms with Crippen LogP contribution in [0.1, 0.15) is 31.1 Å². The maximum absolute atomic E-state index is 13.3. The third kappa shape index (κ3) is 8.29. The fourth-order valence-corrected chi connectivity index (χ4v) is 4.99. The predicted molar refractivity (Wildman–Crippen MR) is 145 cm³/mol. The van der Waals surface area contributed by atoms with Crippen LogP contribution in [0.3, 0.4) is 0 Å². The Morgan fingerprint density at radius 3 is 2.50 bits per heavy atom. The molecule has 0 aliphatic heterocycles. The van der Waals surface area contributed by atoms with E-state index in [1.54, 1.807) is 47.8 Å². The van der Waals surface area contributed by atoms with Gasteiger partial charge in [0.15, 0.2) is 9.84 Å². The number of ether oxygens (including phenoxy) is 1.